The number of anilines is 1. The lowest BCUT2D eigenvalue weighted by molar-refractivity contribution is -0.655. The lowest BCUT2D eigenvalue weighted by Crippen LogP contribution is -2.26. The number of carbonyl (C=O) groups is 1. The van der Waals surface area contributed by atoms with Crippen LogP contribution in [0.4, 0.5) is 5.69 Å². The Balaban J connectivity index is 1.39. The number of carbonyl (C=O) groups excluding carboxylic acids is 1. The highest BCUT2D eigenvalue weighted by Gasteiger charge is 2.13. The first-order valence-electron chi connectivity index (χ1n) is 14.7. The number of hydrogen-bond donors (Lipinski definition) is 1. The molecule has 0 fully saturated rings. The van der Waals surface area contributed by atoms with Gasteiger partial charge in [0, 0.05) is 17.3 Å². The second-order valence-corrected chi connectivity index (χ2v) is 11.2. The van der Waals surface area contributed by atoms with Crippen molar-refractivity contribution in [1.29, 1.82) is 0 Å². The molecule has 3 rings (SSSR count). The van der Waals surface area contributed by atoms with Gasteiger partial charge in [-0.05, 0) is 36.8 Å². The molecule has 0 saturated heterocycles. The van der Waals surface area contributed by atoms with Crippen LogP contribution >= 0.6 is 11.3 Å². The normalized spacial score (nSPS) is 10.9. The monoisotopic (exact) mass is 551 g/mol. The van der Waals surface area contributed by atoms with Crippen LogP contribution in [-0.2, 0) is 18.3 Å². The average molecular weight is 552 g/mol. The molecule has 2 aromatic carbocycles. The van der Waals surface area contributed by atoms with Crippen LogP contribution in [0.2, 0.25) is 0 Å². The van der Waals surface area contributed by atoms with Crippen LogP contribution in [-0.4, -0.2) is 19.6 Å². The number of ether oxygens (including phenoxy) is 2. The molecule has 39 heavy (non-hydrogen) atoms. The van der Waals surface area contributed by atoms with Crippen LogP contribution < -0.4 is 19.4 Å². The van der Waals surface area contributed by atoms with Gasteiger partial charge in [0.1, 0.15) is 18.5 Å². The van der Waals surface area contributed by atoms with Crippen LogP contribution in [0.25, 0.3) is 10.6 Å². The summed E-state index contributed by atoms with van der Waals surface area (Å²) in [6, 6.07) is 13.7. The van der Waals surface area contributed by atoms with Crippen molar-refractivity contribution in [2.75, 3.05) is 19.0 Å². The van der Waals surface area contributed by atoms with E-state index in [1.165, 1.54) is 75.6 Å². The minimum atomic E-state index is -0.0650. The molecule has 0 aliphatic rings. The summed E-state index contributed by atoms with van der Waals surface area (Å²) in [4.78, 5) is 12.8. The van der Waals surface area contributed by atoms with Gasteiger partial charge in [0.25, 0.3) is 5.01 Å². The maximum atomic E-state index is 12.8. The molecule has 1 heterocycles. The van der Waals surface area contributed by atoms with Crippen LogP contribution in [0.15, 0.2) is 54.0 Å². The van der Waals surface area contributed by atoms with Crippen molar-refractivity contribution in [1.82, 2.24) is 0 Å². The zero-order valence-electron chi connectivity index (χ0n) is 24.2. The Morgan fingerprint density at radius 3 is 2.10 bits per heavy atom. The Hall–Kier alpha value is -2.86. The van der Waals surface area contributed by atoms with E-state index in [0.717, 1.165) is 34.7 Å². The zero-order chi connectivity index (χ0) is 27.7. The summed E-state index contributed by atoms with van der Waals surface area (Å²) in [5.74, 6) is 1.40. The first kappa shape index (κ1) is 30.7. The van der Waals surface area contributed by atoms with Gasteiger partial charge in [-0.25, -0.2) is 0 Å². The number of hydrogen-bond acceptors (Lipinski definition) is 4. The maximum absolute atomic E-state index is 12.8. The summed E-state index contributed by atoms with van der Waals surface area (Å²) in [5, 5.41) is 6.27. The fourth-order valence-corrected chi connectivity index (χ4v) is 5.62. The van der Waals surface area contributed by atoms with Crippen LogP contribution in [0, 0.1) is 0 Å². The fourth-order valence-electron chi connectivity index (χ4n) is 4.75. The number of rotatable bonds is 19. The molecule has 5 nitrogen and oxygen atoms in total. The molecule has 0 aliphatic carbocycles. The van der Waals surface area contributed by atoms with Gasteiger partial charge in [0.15, 0.2) is 6.20 Å². The molecule has 0 atom stereocenters. The van der Waals surface area contributed by atoms with Crippen molar-refractivity contribution in [3.05, 3.63) is 59.6 Å². The molecule has 0 unspecified atom stereocenters. The minimum Gasteiger partial charge on any atom is -0.497 e. The largest absolute Gasteiger partial charge is 0.497 e. The predicted molar refractivity (Wildman–Crippen MR) is 163 cm³/mol. The van der Waals surface area contributed by atoms with E-state index in [1.54, 1.807) is 18.4 Å². The number of unbranched alkanes of at least 4 members (excludes halogenated alkanes) is 11. The summed E-state index contributed by atoms with van der Waals surface area (Å²) in [7, 11) is 3.69. The summed E-state index contributed by atoms with van der Waals surface area (Å²) < 4.78 is 13.6. The van der Waals surface area contributed by atoms with Crippen molar-refractivity contribution >= 4 is 22.9 Å². The number of thiazole rings is 1. The van der Waals surface area contributed by atoms with Gasteiger partial charge < -0.3 is 14.8 Å². The minimum absolute atomic E-state index is 0.0650. The van der Waals surface area contributed by atoms with E-state index in [-0.39, 0.29) is 12.3 Å². The van der Waals surface area contributed by atoms with Gasteiger partial charge in [0.05, 0.1) is 31.1 Å². The summed E-state index contributed by atoms with van der Waals surface area (Å²) in [6.07, 6.45) is 18.1. The van der Waals surface area contributed by atoms with Crippen molar-refractivity contribution in [2.24, 2.45) is 7.05 Å². The highest BCUT2D eigenvalue weighted by Crippen LogP contribution is 2.27. The number of nitrogens with zero attached hydrogens (tertiary/aromatic N) is 1. The SMILES string of the molecule is CCCCCCCCCCCCCCOc1cc(OC)ccc1CC(=O)Nc1ccc(-c2scc[n+]2C)cc1. The molecule has 1 aromatic heterocycles. The molecule has 212 valence electrons. The molecular weight excluding hydrogens is 504 g/mol. The van der Waals surface area contributed by atoms with Gasteiger partial charge in [-0.3, -0.25) is 4.79 Å². The number of amides is 1. The Morgan fingerprint density at radius 2 is 1.51 bits per heavy atom. The molecule has 3 aromatic rings. The Bertz CT molecular complexity index is 1110. The van der Waals surface area contributed by atoms with E-state index in [1.807, 2.05) is 55.7 Å². The smallest absolute Gasteiger partial charge is 0.268 e. The number of methoxy groups -OCH3 is 1. The second-order valence-electron chi connectivity index (χ2n) is 10.3. The van der Waals surface area contributed by atoms with E-state index >= 15 is 0 Å². The van der Waals surface area contributed by atoms with Crippen LogP contribution in [0.3, 0.4) is 0 Å². The van der Waals surface area contributed by atoms with Crippen LogP contribution in [0.1, 0.15) is 89.5 Å². The van der Waals surface area contributed by atoms with Crippen molar-refractivity contribution < 1.29 is 18.8 Å². The number of nitrogens with one attached hydrogen (secondary N) is 1. The second kappa shape index (κ2) is 17.7. The molecule has 1 amide bonds. The van der Waals surface area contributed by atoms with E-state index in [0.29, 0.717) is 6.61 Å². The number of aromatic nitrogens is 1. The van der Waals surface area contributed by atoms with E-state index in [4.69, 9.17) is 9.47 Å². The Labute approximate surface area is 239 Å². The molecule has 0 aliphatic heterocycles. The molecule has 0 radical (unpaired) electrons. The van der Waals surface area contributed by atoms with E-state index < -0.39 is 0 Å². The lowest BCUT2D eigenvalue weighted by atomic mass is 10.1. The van der Waals surface area contributed by atoms with Gasteiger partial charge in [-0.2, -0.15) is 4.57 Å². The fraction of sp³-hybridized carbons (Fsp3) is 0.515. The van der Waals surface area contributed by atoms with Gasteiger partial charge in [0.2, 0.25) is 5.91 Å². The molecule has 1 N–H and O–H groups in total. The first-order valence-corrected chi connectivity index (χ1v) is 15.6. The number of benzene rings is 2. The average Bonchev–Trinajstić information content (AvgIpc) is 3.38. The topological polar surface area (TPSA) is 51.4 Å². The maximum Gasteiger partial charge on any atom is 0.268 e. The van der Waals surface area contributed by atoms with Crippen molar-refractivity contribution in [2.45, 2.75) is 90.4 Å². The Morgan fingerprint density at radius 1 is 0.872 bits per heavy atom. The third kappa shape index (κ3) is 11.0. The van der Waals surface area contributed by atoms with Gasteiger partial charge in [-0.1, -0.05) is 95.0 Å². The molecule has 6 heteroatoms. The summed E-state index contributed by atoms with van der Waals surface area (Å²) >= 11 is 1.70. The number of aryl methyl sites for hydroxylation is 1. The molecule has 0 saturated carbocycles. The lowest BCUT2D eigenvalue weighted by Gasteiger charge is -2.13. The van der Waals surface area contributed by atoms with E-state index in [2.05, 4.69) is 22.2 Å². The summed E-state index contributed by atoms with van der Waals surface area (Å²) in [6.45, 7) is 2.93. The third-order valence-corrected chi connectivity index (χ3v) is 8.09. The van der Waals surface area contributed by atoms with Crippen molar-refractivity contribution in [3.8, 4) is 22.1 Å². The summed E-state index contributed by atoms with van der Waals surface area (Å²) in [5.41, 5.74) is 2.79. The highest BCUT2D eigenvalue weighted by molar-refractivity contribution is 7.12. The first-order chi connectivity index (χ1) is 19.1. The van der Waals surface area contributed by atoms with Crippen molar-refractivity contribution in [3.63, 3.8) is 0 Å². The van der Waals surface area contributed by atoms with Gasteiger partial charge >= 0.3 is 0 Å². The van der Waals surface area contributed by atoms with E-state index in [9.17, 15) is 4.79 Å². The zero-order valence-corrected chi connectivity index (χ0v) is 25.0. The third-order valence-electron chi connectivity index (χ3n) is 7.08. The predicted octanol–water partition coefficient (Wildman–Crippen LogP) is 8.51. The highest BCUT2D eigenvalue weighted by atomic mass is 32.1. The van der Waals surface area contributed by atoms with Gasteiger partial charge in [-0.15, -0.1) is 0 Å². The molecule has 0 bridgehead atoms. The Kier molecular flexibility index (Phi) is 13.9. The van der Waals surface area contributed by atoms with Crippen LogP contribution in [0.5, 0.6) is 11.5 Å². The quantitative estimate of drug-likeness (QED) is 0.120. The standard InChI is InChI=1S/C33H46N2O3S/c1-4-5-6-7-8-9-10-11-12-13-14-15-23-38-31-26-30(37-3)21-18-28(31)25-32(36)34-29-19-16-27(17-20-29)33-35(2)22-24-39-33/h16-22,24,26H,4-15,23,25H2,1-3H3/p+1. The molecular formula is C33H47N2O3S+. The molecule has 0 spiro atoms.